The van der Waals surface area contributed by atoms with E-state index < -0.39 is 5.60 Å². The van der Waals surface area contributed by atoms with Gasteiger partial charge in [0.2, 0.25) is 0 Å². The molecule has 21 heavy (non-hydrogen) atoms. The Morgan fingerprint density at radius 1 is 1.57 bits per heavy atom. The number of amides is 1. The van der Waals surface area contributed by atoms with Crippen molar-refractivity contribution in [1.82, 2.24) is 5.32 Å². The van der Waals surface area contributed by atoms with E-state index in [2.05, 4.69) is 11.4 Å². The number of carbonyl (C=O) groups is 1. The molecule has 1 heterocycles. The standard InChI is InChI=1S/C16H25NO3S/c1-10(17-15(19)20-16(2,3)4)8-11-9-12-13(18)6-5-7-14(12)21-11/h9-10,13,18H,5-8H2,1-4H3,(H,17,19). The number of fused-ring (bicyclic) bond motifs is 1. The maximum absolute atomic E-state index is 11.7. The summed E-state index contributed by atoms with van der Waals surface area (Å²) in [6, 6.07) is 2.11. The van der Waals surface area contributed by atoms with Crippen LogP contribution in [-0.2, 0) is 17.6 Å². The molecule has 1 aromatic heterocycles. The first-order chi connectivity index (χ1) is 9.74. The lowest BCUT2D eigenvalue weighted by Crippen LogP contribution is -2.38. The van der Waals surface area contributed by atoms with Gasteiger partial charge in [0.05, 0.1) is 6.10 Å². The van der Waals surface area contributed by atoms with Crippen LogP contribution >= 0.6 is 11.3 Å². The molecule has 0 aliphatic heterocycles. The number of ether oxygens (including phenoxy) is 1. The molecule has 2 atom stereocenters. The number of hydrogen-bond donors (Lipinski definition) is 2. The summed E-state index contributed by atoms with van der Waals surface area (Å²) in [6.07, 6.45) is 3.05. The average Bonchev–Trinajstić information content (AvgIpc) is 2.69. The molecular weight excluding hydrogens is 286 g/mol. The lowest BCUT2D eigenvalue weighted by Gasteiger charge is -2.21. The summed E-state index contributed by atoms with van der Waals surface area (Å²) >= 11 is 1.76. The van der Waals surface area contributed by atoms with Crippen molar-refractivity contribution >= 4 is 17.4 Å². The third-order valence-electron chi connectivity index (χ3n) is 3.40. The Labute approximate surface area is 130 Å². The largest absolute Gasteiger partial charge is 0.444 e. The van der Waals surface area contributed by atoms with E-state index in [0.29, 0.717) is 0 Å². The van der Waals surface area contributed by atoms with Crippen LogP contribution in [0.1, 0.15) is 62.0 Å². The fourth-order valence-corrected chi connectivity index (χ4v) is 3.95. The first-order valence-electron chi connectivity index (χ1n) is 7.53. The van der Waals surface area contributed by atoms with Crippen molar-refractivity contribution in [2.24, 2.45) is 0 Å². The minimum absolute atomic E-state index is 0.0112. The Hall–Kier alpha value is -1.07. The SMILES string of the molecule is CC(Cc1cc2c(s1)CCCC2O)NC(=O)OC(C)(C)C. The van der Waals surface area contributed by atoms with Crippen molar-refractivity contribution in [3.8, 4) is 0 Å². The summed E-state index contributed by atoms with van der Waals surface area (Å²) in [6.45, 7) is 7.53. The summed E-state index contributed by atoms with van der Waals surface area (Å²) in [7, 11) is 0. The van der Waals surface area contributed by atoms with Crippen molar-refractivity contribution < 1.29 is 14.6 Å². The van der Waals surface area contributed by atoms with E-state index in [1.165, 1.54) is 9.75 Å². The van der Waals surface area contributed by atoms with Crippen LogP contribution in [0, 0.1) is 0 Å². The number of hydrogen-bond acceptors (Lipinski definition) is 4. The van der Waals surface area contributed by atoms with Crippen LogP contribution < -0.4 is 5.32 Å². The third-order valence-corrected chi connectivity index (χ3v) is 4.64. The second-order valence-electron chi connectivity index (χ2n) is 6.75. The van der Waals surface area contributed by atoms with Gasteiger partial charge in [0.25, 0.3) is 0 Å². The Balaban J connectivity index is 1.91. The number of nitrogens with one attached hydrogen (secondary N) is 1. The summed E-state index contributed by atoms with van der Waals surface area (Å²) < 4.78 is 5.26. The molecule has 2 unspecified atom stereocenters. The first kappa shape index (κ1) is 16.3. The van der Waals surface area contributed by atoms with Gasteiger partial charge in [-0.25, -0.2) is 4.79 Å². The molecule has 5 heteroatoms. The highest BCUT2D eigenvalue weighted by molar-refractivity contribution is 7.12. The lowest BCUT2D eigenvalue weighted by molar-refractivity contribution is 0.0508. The Morgan fingerprint density at radius 2 is 2.29 bits per heavy atom. The number of aliphatic hydroxyl groups excluding tert-OH is 1. The van der Waals surface area contributed by atoms with Crippen LogP contribution in [0.25, 0.3) is 0 Å². The molecule has 1 aliphatic rings. The van der Waals surface area contributed by atoms with Crippen LogP contribution in [-0.4, -0.2) is 22.8 Å². The monoisotopic (exact) mass is 311 g/mol. The van der Waals surface area contributed by atoms with Crippen molar-refractivity contribution in [2.75, 3.05) is 0 Å². The van der Waals surface area contributed by atoms with Gasteiger partial charge in [-0.1, -0.05) is 0 Å². The second kappa shape index (κ2) is 6.36. The second-order valence-corrected chi connectivity index (χ2v) is 7.97. The molecule has 0 bridgehead atoms. The van der Waals surface area contributed by atoms with E-state index in [4.69, 9.17) is 4.74 Å². The molecule has 118 valence electrons. The molecule has 0 saturated heterocycles. The summed E-state index contributed by atoms with van der Waals surface area (Å²) in [5.41, 5.74) is 0.612. The molecule has 2 rings (SSSR count). The molecule has 0 radical (unpaired) electrons. The van der Waals surface area contributed by atoms with E-state index >= 15 is 0 Å². The molecule has 0 saturated carbocycles. The lowest BCUT2D eigenvalue weighted by atomic mass is 9.96. The summed E-state index contributed by atoms with van der Waals surface area (Å²) in [5, 5.41) is 12.9. The highest BCUT2D eigenvalue weighted by Crippen LogP contribution is 2.36. The van der Waals surface area contributed by atoms with Gasteiger partial charge in [0, 0.05) is 22.2 Å². The molecule has 0 spiro atoms. The maximum atomic E-state index is 11.7. The van der Waals surface area contributed by atoms with Crippen LogP contribution in [0.4, 0.5) is 4.79 Å². The molecule has 0 aromatic carbocycles. The first-order valence-corrected chi connectivity index (χ1v) is 8.35. The molecular formula is C16H25NO3S. The smallest absolute Gasteiger partial charge is 0.407 e. The van der Waals surface area contributed by atoms with Gasteiger partial charge in [-0.15, -0.1) is 11.3 Å². The zero-order valence-corrected chi connectivity index (χ0v) is 14.0. The zero-order chi connectivity index (χ0) is 15.6. The molecule has 2 N–H and O–H groups in total. The quantitative estimate of drug-likeness (QED) is 0.897. The number of thiophene rings is 1. The zero-order valence-electron chi connectivity index (χ0n) is 13.2. The van der Waals surface area contributed by atoms with Gasteiger partial charge in [0.15, 0.2) is 0 Å². The fourth-order valence-electron chi connectivity index (χ4n) is 2.55. The molecule has 4 nitrogen and oxygen atoms in total. The van der Waals surface area contributed by atoms with E-state index in [1.54, 1.807) is 11.3 Å². The highest BCUT2D eigenvalue weighted by atomic mass is 32.1. The number of carbonyl (C=O) groups excluding carboxylic acids is 1. The van der Waals surface area contributed by atoms with E-state index in [1.807, 2.05) is 27.7 Å². The summed E-state index contributed by atoms with van der Waals surface area (Å²) in [5.74, 6) is 0. The number of aryl methyl sites for hydroxylation is 1. The normalized spacial score (nSPS) is 19.8. The van der Waals surface area contributed by atoms with Gasteiger partial charge in [0.1, 0.15) is 5.60 Å². The highest BCUT2D eigenvalue weighted by Gasteiger charge is 2.22. The molecule has 1 aliphatic carbocycles. The van der Waals surface area contributed by atoms with Crippen LogP contribution in [0.15, 0.2) is 6.07 Å². The van der Waals surface area contributed by atoms with Gasteiger partial charge in [-0.3, -0.25) is 0 Å². The minimum atomic E-state index is -0.476. The van der Waals surface area contributed by atoms with E-state index in [-0.39, 0.29) is 18.2 Å². The molecule has 1 amide bonds. The topological polar surface area (TPSA) is 58.6 Å². The predicted octanol–water partition coefficient (Wildman–Crippen LogP) is 3.57. The van der Waals surface area contributed by atoms with Gasteiger partial charge < -0.3 is 15.2 Å². The molecule has 1 aromatic rings. The van der Waals surface area contributed by atoms with E-state index in [0.717, 1.165) is 31.2 Å². The van der Waals surface area contributed by atoms with Gasteiger partial charge >= 0.3 is 6.09 Å². The fraction of sp³-hybridized carbons (Fsp3) is 0.688. The van der Waals surface area contributed by atoms with Crippen molar-refractivity contribution in [1.29, 1.82) is 0 Å². The minimum Gasteiger partial charge on any atom is -0.444 e. The third kappa shape index (κ3) is 4.71. The Morgan fingerprint density at radius 3 is 2.90 bits per heavy atom. The Kier molecular flexibility index (Phi) is 4.94. The number of alkyl carbamates (subject to hydrolysis) is 1. The number of rotatable bonds is 3. The Bertz CT molecular complexity index is 504. The van der Waals surface area contributed by atoms with Crippen molar-refractivity contribution in [2.45, 2.75) is 71.1 Å². The maximum Gasteiger partial charge on any atom is 0.407 e. The average molecular weight is 311 g/mol. The predicted molar refractivity (Wildman–Crippen MR) is 84.8 cm³/mol. The van der Waals surface area contributed by atoms with E-state index in [9.17, 15) is 9.90 Å². The van der Waals surface area contributed by atoms with Crippen molar-refractivity contribution in [3.63, 3.8) is 0 Å². The van der Waals surface area contributed by atoms with Gasteiger partial charge in [-0.2, -0.15) is 0 Å². The van der Waals surface area contributed by atoms with Gasteiger partial charge in [-0.05, 0) is 58.6 Å². The van der Waals surface area contributed by atoms with Crippen LogP contribution in [0.3, 0.4) is 0 Å². The van der Waals surface area contributed by atoms with Crippen molar-refractivity contribution in [3.05, 3.63) is 21.4 Å². The summed E-state index contributed by atoms with van der Waals surface area (Å²) in [4.78, 5) is 14.2. The van der Waals surface area contributed by atoms with Crippen LogP contribution in [0.5, 0.6) is 0 Å². The van der Waals surface area contributed by atoms with Crippen LogP contribution in [0.2, 0.25) is 0 Å². The number of aliphatic hydroxyl groups is 1. The molecule has 0 fully saturated rings.